The Kier molecular flexibility index (Phi) is 4.56. The number of piperazine rings is 1. The van der Waals surface area contributed by atoms with Crippen molar-refractivity contribution in [2.24, 2.45) is 0 Å². The van der Waals surface area contributed by atoms with E-state index in [2.05, 4.69) is 24.7 Å². The summed E-state index contributed by atoms with van der Waals surface area (Å²) in [6, 6.07) is -1.22. The number of fused-ring (bicyclic) bond motifs is 2. The molecule has 0 spiro atoms. The van der Waals surface area contributed by atoms with Crippen LogP contribution in [0, 0.1) is 0 Å². The number of hydroxylamine groups is 2. The van der Waals surface area contributed by atoms with E-state index in [4.69, 9.17) is 8.97 Å². The number of urea groups is 1. The standard InChI is InChI=1S/C13H20N6O6S/c20-13-18-4-1-9(10(7-18)19(13)25-26(21,22)23)12-16-15-11(24-12)8-17-5-2-14-3-6-17/h9-10,14H,1-8H2,(H,21,22,23)/t9-,10+/m1/s1. The second kappa shape index (κ2) is 6.74. The Morgan fingerprint density at radius 1 is 1.27 bits per heavy atom. The Morgan fingerprint density at radius 2 is 2.04 bits per heavy atom. The van der Waals surface area contributed by atoms with Gasteiger partial charge in [-0.2, -0.15) is 13.5 Å². The number of carbonyl (C=O) groups excluding carboxylic acids is 1. The van der Waals surface area contributed by atoms with E-state index in [1.54, 1.807) is 0 Å². The Balaban J connectivity index is 1.49. The number of hydrogen-bond donors (Lipinski definition) is 2. The average molecular weight is 388 g/mol. The molecule has 4 heterocycles. The monoisotopic (exact) mass is 388 g/mol. The van der Waals surface area contributed by atoms with Gasteiger partial charge in [0.1, 0.15) is 0 Å². The fourth-order valence-electron chi connectivity index (χ4n) is 3.64. The van der Waals surface area contributed by atoms with Crippen LogP contribution in [0.25, 0.3) is 0 Å². The van der Waals surface area contributed by atoms with Crippen LogP contribution in [0.5, 0.6) is 0 Å². The quantitative estimate of drug-likeness (QED) is 0.591. The van der Waals surface area contributed by atoms with Gasteiger partial charge in [-0.25, -0.2) is 4.79 Å². The lowest BCUT2D eigenvalue weighted by Gasteiger charge is -2.28. The minimum absolute atomic E-state index is 0.272. The third kappa shape index (κ3) is 3.53. The minimum atomic E-state index is -4.80. The highest BCUT2D eigenvalue weighted by molar-refractivity contribution is 7.80. The molecular formula is C13H20N6O6S. The molecule has 3 aliphatic rings. The smallest absolute Gasteiger partial charge is 0.418 e. The van der Waals surface area contributed by atoms with Gasteiger partial charge in [-0.05, 0) is 6.42 Å². The number of nitrogens with one attached hydrogen (secondary N) is 1. The molecule has 12 nitrogen and oxygen atoms in total. The van der Waals surface area contributed by atoms with Crippen LogP contribution >= 0.6 is 0 Å². The molecule has 13 heteroatoms. The second-order valence-corrected chi connectivity index (χ2v) is 7.58. The van der Waals surface area contributed by atoms with Gasteiger partial charge in [-0.1, -0.05) is 0 Å². The lowest BCUT2D eigenvalue weighted by atomic mass is 9.93. The van der Waals surface area contributed by atoms with E-state index in [-0.39, 0.29) is 12.5 Å². The van der Waals surface area contributed by atoms with E-state index in [9.17, 15) is 13.2 Å². The zero-order valence-electron chi connectivity index (χ0n) is 13.9. The van der Waals surface area contributed by atoms with Crippen LogP contribution in [0.15, 0.2) is 4.42 Å². The van der Waals surface area contributed by atoms with Gasteiger partial charge in [-0.15, -0.1) is 14.5 Å². The number of rotatable bonds is 5. The predicted octanol–water partition coefficient (Wildman–Crippen LogP) is -1.20. The van der Waals surface area contributed by atoms with E-state index in [0.717, 1.165) is 26.2 Å². The van der Waals surface area contributed by atoms with Gasteiger partial charge in [0, 0.05) is 39.3 Å². The average Bonchev–Trinajstić information content (AvgIpc) is 3.15. The van der Waals surface area contributed by atoms with Crippen molar-refractivity contribution in [1.29, 1.82) is 0 Å². The summed E-state index contributed by atoms with van der Waals surface area (Å²) in [5, 5.41) is 12.1. The molecule has 2 amide bonds. The molecule has 3 fully saturated rings. The zero-order valence-corrected chi connectivity index (χ0v) is 14.8. The minimum Gasteiger partial charge on any atom is -0.423 e. The highest BCUT2D eigenvalue weighted by Crippen LogP contribution is 2.36. The van der Waals surface area contributed by atoms with Crippen molar-refractivity contribution in [3.63, 3.8) is 0 Å². The zero-order chi connectivity index (χ0) is 18.3. The van der Waals surface area contributed by atoms with Crippen LogP contribution in [0.2, 0.25) is 0 Å². The topological polar surface area (TPSA) is 141 Å². The molecule has 3 aliphatic heterocycles. The van der Waals surface area contributed by atoms with Crippen molar-refractivity contribution in [2.45, 2.75) is 24.9 Å². The number of hydrogen-bond acceptors (Lipinski definition) is 9. The summed E-state index contributed by atoms with van der Waals surface area (Å²) in [6.45, 7) is 4.83. The third-order valence-electron chi connectivity index (χ3n) is 4.88. The van der Waals surface area contributed by atoms with Crippen molar-refractivity contribution >= 4 is 16.4 Å². The van der Waals surface area contributed by atoms with E-state index < -0.39 is 22.5 Å². The third-order valence-corrected chi connectivity index (χ3v) is 5.23. The van der Waals surface area contributed by atoms with Crippen LogP contribution in [-0.4, -0.2) is 89.4 Å². The van der Waals surface area contributed by atoms with Crippen LogP contribution < -0.4 is 5.32 Å². The fourth-order valence-corrected chi connectivity index (χ4v) is 4.02. The molecular weight excluding hydrogens is 368 g/mol. The molecule has 0 unspecified atom stereocenters. The van der Waals surface area contributed by atoms with Gasteiger partial charge < -0.3 is 14.6 Å². The Morgan fingerprint density at radius 3 is 2.77 bits per heavy atom. The summed E-state index contributed by atoms with van der Waals surface area (Å²) in [4.78, 5) is 15.8. The highest BCUT2D eigenvalue weighted by atomic mass is 32.3. The maximum absolute atomic E-state index is 12.2. The van der Waals surface area contributed by atoms with E-state index >= 15 is 0 Å². The van der Waals surface area contributed by atoms with Gasteiger partial charge in [-0.3, -0.25) is 9.45 Å². The van der Waals surface area contributed by atoms with Crippen molar-refractivity contribution in [2.75, 3.05) is 39.3 Å². The Bertz CT molecular complexity index is 778. The van der Waals surface area contributed by atoms with Crippen molar-refractivity contribution in [3.05, 3.63) is 11.8 Å². The van der Waals surface area contributed by atoms with E-state index in [0.29, 0.717) is 36.4 Å². The highest BCUT2D eigenvalue weighted by Gasteiger charge is 2.50. The van der Waals surface area contributed by atoms with Crippen LogP contribution in [0.4, 0.5) is 4.79 Å². The van der Waals surface area contributed by atoms with E-state index in [1.165, 1.54) is 4.90 Å². The van der Waals surface area contributed by atoms with Crippen molar-refractivity contribution in [1.82, 2.24) is 30.4 Å². The van der Waals surface area contributed by atoms with Gasteiger partial charge in [0.2, 0.25) is 11.8 Å². The van der Waals surface area contributed by atoms with Crippen LogP contribution in [-0.2, 0) is 21.2 Å². The summed E-state index contributed by atoms with van der Waals surface area (Å²) in [5.74, 6) is 0.470. The number of carbonyl (C=O) groups is 1. The molecule has 1 aromatic heterocycles. The molecule has 2 N–H and O–H groups in total. The summed E-state index contributed by atoms with van der Waals surface area (Å²) in [6.07, 6.45) is 0.539. The van der Waals surface area contributed by atoms with Crippen LogP contribution in [0.1, 0.15) is 24.1 Å². The summed E-state index contributed by atoms with van der Waals surface area (Å²) >= 11 is 0. The Labute approximate surface area is 150 Å². The van der Waals surface area contributed by atoms with Crippen molar-refractivity contribution < 1.29 is 26.5 Å². The molecule has 2 bridgehead atoms. The first kappa shape index (κ1) is 17.6. The predicted molar refractivity (Wildman–Crippen MR) is 85.0 cm³/mol. The first-order chi connectivity index (χ1) is 12.4. The fraction of sp³-hybridized carbons (Fsp3) is 0.769. The van der Waals surface area contributed by atoms with Crippen LogP contribution in [0.3, 0.4) is 0 Å². The first-order valence-corrected chi connectivity index (χ1v) is 9.78. The molecule has 0 aliphatic carbocycles. The lowest BCUT2D eigenvalue weighted by Crippen LogP contribution is -2.42. The summed E-state index contributed by atoms with van der Waals surface area (Å²) in [7, 11) is -4.80. The summed E-state index contributed by atoms with van der Waals surface area (Å²) in [5.41, 5.74) is 0. The molecule has 2 atom stereocenters. The Hall–Kier alpha value is -1.80. The molecule has 3 saturated heterocycles. The second-order valence-electron chi connectivity index (χ2n) is 6.58. The largest absolute Gasteiger partial charge is 0.423 e. The van der Waals surface area contributed by atoms with Crippen molar-refractivity contribution in [3.8, 4) is 0 Å². The van der Waals surface area contributed by atoms with Gasteiger partial charge in [0.25, 0.3) is 0 Å². The lowest BCUT2D eigenvalue weighted by molar-refractivity contribution is -0.0393. The van der Waals surface area contributed by atoms with E-state index in [1.807, 2.05) is 0 Å². The first-order valence-electron chi connectivity index (χ1n) is 8.41. The normalized spacial score (nSPS) is 27.3. The van der Waals surface area contributed by atoms with Gasteiger partial charge in [0.15, 0.2) is 0 Å². The number of piperidine rings is 1. The number of nitrogens with zero attached hydrogens (tertiary/aromatic N) is 5. The van der Waals surface area contributed by atoms with Gasteiger partial charge >= 0.3 is 16.4 Å². The molecule has 0 aromatic carbocycles. The number of aromatic nitrogens is 2. The molecule has 1 aromatic rings. The molecule has 0 saturated carbocycles. The summed E-state index contributed by atoms with van der Waals surface area (Å²) < 4.78 is 41.3. The SMILES string of the molecule is O=C1N2CC[C@@H](c3nnc(CN4CCNCC4)o3)[C@H](C2)N1OS(=O)(=O)O. The molecule has 144 valence electrons. The molecule has 0 radical (unpaired) electrons. The maximum Gasteiger partial charge on any atom is 0.418 e. The number of amides is 2. The maximum atomic E-state index is 12.2. The molecule has 4 rings (SSSR count). The van der Waals surface area contributed by atoms with Gasteiger partial charge in [0.05, 0.1) is 18.5 Å². The molecule has 26 heavy (non-hydrogen) atoms.